The number of anilines is 1. The largest absolute Gasteiger partial charge is 0.378 e. The third-order valence-electron chi connectivity index (χ3n) is 5.44. The van der Waals surface area contributed by atoms with Gasteiger partial charge in [0, 0.05) is 22.7 Å². The van der Waals surface area contributed by atoms with Crippen molar-refractivity contribution in [3.05, 3.63) is 113 Å². The standard InChI is InChI=1S/C27H24ClNO/c1-2-19-7-15-25(16-8-19)29-26(21-11-13-24(28)14-12-21)18-27(30)23-10-9-20-5-3-4-6-22(20)17-23/h3-17,26,29H,2,18H2,1H3. The Morgan fingerprint density at radius 3 is 2.27 bits per heavy atom. The molecule has 2 nitrogen and oxygen atoms in total. The molecular weight excluding hydrogens is 390 g/mol. The average Bonchev–Trinajstić information content (AvgIpc) is 2.79. The highest BCUT2D eigenvalue weighted by Crippen LogP contribution is 2.27. The highest BCUT2D eigenvalue weighted by Gasteiger charge is 2.18. The summed E-state index contributed by atoms with van der Waals surface area (Å²) in [6, 6.07) is 29.9. The minimum Gasteiger partial charge on any atom is -0.378 e. The van der Waals surface area contributed by atoms with Gasteiger partial charge >= 0.3 is 0 Å². The number of hydrogen-bond acceptors (Lipinski definition) is 2. The number of halogens is 1. The molecule has 1 atom stereocenters. The Hall–Kier alpha value is -3.10. The van der Waals surface area contributed by atoms with Gasteiger partial charge in [0.2, 0.25) is 0 Å². The second-order valence-electron chi connectivity index (χ2n) is 7.49. The van der Waals surface area contributed by atoms with Crippen LogP contribution in [0, 0.1) is 0 Å². The van der Waals surface area contributed by atoms with E-state index in [1.165, 1.54) is 5.56 Å². The maximum absolute atomic E-state index is 13.2. The minimum atomic E-state index is -0.145. The molecule has 4 aromatic carbocycles. The summed E-state index contributed by atoms with van der Waals surface area (Å²) in [5.41, 5.74) is 4.05. The van der Waals surface area contributed by atoms with Crippen LogP contribution in [0.1, 0.15) is 40.9 Å². The fourth-order valence-electron chi connectivity index (χ4n) is 3.65. The maximum Gasteiger partial charge on any atom is 0.165 e. The molecule has 0 aliphatic carbocycles. The molecule has 0 saturated heterocycles. The van der Waals surface area contributed by atoms with E-state index in [0.717, 1.165) is 34.0 Å². The molecule has 0 heterocycles. The van der Waals surface area contributed by atoms with E-state index in [0.29, 0.717) is 11.4 Å². The van der Waals surface area contributed by atoms with Crippen LogP contribution < -0.4 is 5.32 Å². The number of aryl methyl sites for hydroxylation is 1. The Kier molecular flexibility index (Phi) is 6.15. The van der Waals surface area contributed by atoms with Gasteiger partial charge in [0.05, 0.1) is 6.04 Å². The van der Waals surface area contributed by atoms with Gasteiger partial charge in [0.15, 0.2) is 5.78 Å². The molecule has 0 bridgehead atoms. The van der Waals surface area contributed by atoms with Crippen molar-refractivity contribution in [1.29, 1.82) is 0 Å². The summed E-state index contributed by atoms with van der Waals surface area (Å²) < 4.78 is 0. The van der Waals surface area contributed by atoms with Crippen LogP contribution in [0.15, 0.2) is 91.0 Å². The normalized spacial score (nSPS) is 11.9. The first-order chi connectivity index (χ1) is 14.6. The summed E-state index contributed by atoms with van der Waals surface area (Å²) in [7, 11) is 0. The summed E-state index contributed by atoms with van der Waals surface area (Å²) in [4.78, 5) is 13.2. The van der Waals surface area contributed by atoms with Crippen LogP contribution in [-0.4, -0.2) is 5.78 Å². The SMILES string of the molecule is CCc1ccc(NC(CC(=O)c2ccc3ccccc3c2)c2ccc(Cl)cc2)cc1. The van der Waals surface area contributed by atoms with Gasteiger partial charge in [-0.2, -0.15) is 0 Å². The van der Waals surface area contributed by atoms with Crippen molar-refractivity contribution in [3.8, 4) is 0 Å². The number of rotatable bonds is 7. The van der Waals surface area contributed by atoms with Crippen LogP contribution >= 0.6 is 11.6 Å². The third kappa shape index (κ3) is 4.72. The van der Waals surface area contributed by atoms with E-state index < -0.39 is 0 Å². The predicted octanol–water partition coefficient (Wildman–Crippen LogP) is 7.48. The lowest BCUT2D eigenvalue weighted by Gasteiger charge is -2.20. The van der Waals surface area contributed by atoms with Crippen LogP contribution in [0.3, 0.4) is 0 Å². The second kappa shape index (κ2) is 9.15. The molecule has 0 saturated carbocycles. The van der Waals surface area contributed by atoms with Crippen molar-refractivity contribution in [2.75, 3.05) is 5.32 Å². The smallest absolute Gasteiger partial charge is 0.165 e. The van der Waals surface area contributed by atoms with Crippen molar-refractivity contribution in [2.24, 2.45) is 0 Å². The molecule has 0 amide bonds. The number of carbonyl (C=O) groups excluding carboxylic acids is 1. The fraction of sp³-hybridized carbons (Fsp3) is 0.148. The van der Waals surface area contributed by atoms with Crippen LogP contribution in [0.4, 0.5) is 5.69 Å². The molecule has 1 N–H and O–H groups in total. The maximum atomic E-state index is 13.2. The highest BCUT2D eigenvalue weighted by atomic mass is 35.5. The number of ketones is 1. The number of benzene rings is 4. The van der Waals surface area contributed by atoms with Gasteiger partial charge in [-0.15, -0.1) is 0 Å². The van der Waals surface area contributed by atoms with Crippen LogP contribution in [-0.2, 0) is 6.42 Å². The van der Waals surface area contributed by atoms with Crippen molar-refractivity contribution < 1.29 is 4.79 Å². The first-order valence-electron chi connectivity index (χ1n) is 10.3. The molecule has 150 valence electrons. The van der Waals surface area contributed by atoms with E-state index in [9.17, 15) is 4.79 Å². The lowest BCUT2D eigenvalue weighted by Crippen LogP contribution is -2.16. The second-order valence-corrected chi connectivity index (χ2v) is 7.92. The molecule has 0 fully saturated rings. The minimum absolute atomic E-state index is 0.110. The zero-order valence-corrected chi connectivity index (χ0v) is 17.7. The molecule has 0 aliphatic rings. The molecule has 0 radical (unpaired) electrons. The van der Waals surface area contributed by atoms with Gasteiger partial charge in [-0.05, 0) is 58.7 Å². The lowest BCUT2D eigenvalue weighted by molar-refractivity contribution is 0.0976. The zero-order valence-electron chi connectivity index (χ0n) is 16.9. The zero-order chi connectivity index (χ0) is 20.9. The highest BCUT2D eigenvalue weighted by molar-refractivity contribution is 6.30. The summed E-state index contributed by atoms with van der Waals surface area (Å²) >= 11 is 6.08. The molecule has 4 rings (SSSR count). The van der Waals surface area contributed by atoms with E-state index in [1.54, 1.807) is 0 Å². The number of carbonyl (C=O) groups is 1. The van der Waals surface area contributed by atoms with Crippen molar-refractivity contribution in [1.82, 2.24) is 0 Å². The summed E-state index contributed by atoms with van der Waals surface area (Å²) in [6.07, 6.45) is 1.36. The third-order valence-corrected chi connectivity index (χ3v) is 5.69. The molecule has 0 aliphatic heterocycles. The Bertz CT molecular complexity index is 1150. The van der Waals surface area contributed by atoms with Crippen LogP contribution in [0.25, 0.3) is 10.8 Å². The van der Waals surface area contributed by atoms with Gasteiger partial charge in [-0.25, -0.2) is 0 Å². The van der Waals surface area contributed by atoms with Crippen molar-refractivity contribution in [2.45, 2.75) is 25.8 Å². The van der Waals surface area contributed by atoms with Crippen molar-refractivity contribution in [3.63, 3.8) is 0 Å². The molecule has 0 spiro atoms. The van der Waals surface area contributed by atoms with Gasteiger partial charge in [-0.1, -0.05) is 79.2 Å². The van der Waals surface area contributed by atoms with Crippen LogP contribution in [0.2, 0.25) is 5.02 Å². The summed E-state index contributed by atoms with van der Waals surface area (Å²) in [5, 5.41) is 6.44. The number of nitrogens with one attached hydrogen (secondary N) is 1. The molecule has 30 heavy (non-hydrogen) atoms. The Morgan fingerprint density at radius 2 is 1.57 bits per heavy atom. The quantitative estimate of drug-likeness (QED) is 0.318. The Labute approximate surface area is 182 Å². The summed E-state index contributed by atoms with van der Waals surface area (Å²) in [6.45, 7) is 2.14. The predicted molar refractivity (Wildman–Crippen MR) is 127 cm³/mol. The van der Waals surface area contributed by atoms with Gasteiger partial charge in [0.1, 0.15) is 0 Å². The van der Waals surface area contributed by atoms with Gasteiger partial charge in [-0.3, -0.25) is 4.79 Å². The number of Topliss-reactive ketones (excluding diaryl/α,β-unsaturated/α-hetero) is 1. The number of hydrogen-bond donors (Lipinski definition) is 1. The Balaban J connectivity index is 1.60. The van der Waals surface area contributed by atoms with Gasteiger partial charge < -0.3 is 5.32 Å². The van der Waals surface area contributed by atoms with E-state index in [2.05, 4.69) is 42.6 Å². The monoisotopic (exact) mass is 413 g/mol. The molecule has 4 aromatic rings. The Morgan fingerprint density at radius 1 is 0.867 bits per heavy atom. The van der Waals surface area contributed by atoms with Crippen LogP contribution in [0.5, 0.6) is 0 Å². The van der Waals surface area contributed by atoms with Crippen molar-refractivity contribution >= 4 is 33.8 Å². The fourth-order valence-corrected chi connectivity index (χ4v) is 3.78. The molecule has 3 heteroatoms. The van der Waals surface area contributed by atoms with E-state index >= 15 is 0 Å². The molecule has 0 aromatic heterocycles. The van der Waals surface area contributed by atoms with E-state index in [4.69, 9.17) is 11.6 Å². The molecular formula is C27H24ClNO. The van der Waals surface area contributed by atoms with Gasteiger partial charge in [0.25, 0.3) is 0 Å². The molecule has 1 unspecified atom stereocenters. The first-order valence-corrected chi connectivity index (χ1v) is 10.6. The average molecular weight is 414 g/mol. The topological polar surface area (TPSA) is 29.1 Å². The summed E-state index contributed by atoms with van der Waals surface area (Å²) in [5.74, 6) is 0.110. The number of fused-ring (bicyclic) bond motifs is 1. The first kappa shape index (κ1) is 20.2. The van der Waals surface area contributed by atoms with E-state index in [-0.39, 0.29) is 11.8 Å². The van der Waals surface area contributed by atoms with E-state index in [1.807, 2.05) is 60.7 Å². The lowest BCUT2D eigenvalue weighted by atomic mass is 9.96.